The topological polar surface area (TPSA) is 38.5 Å². The zero-order valence-electron chi connectivity index (χ0n) is 25.1. The van der Waals surface area contributed by atoms with E-state index in [-0.39, 0.29) is 20.4 Å². The third kappa shape index (κ3) is 4.99. The number of anilines is 1. The fourth-order valence-electron chi connectivity index (χ4n) is 6.05. The van der Waals surface area contributed by atoms with Gasteiger partial charge in [0.15, 0.2) is 0 Å². The number of pyridine rings is 1. The molecule has 4 aromatic carbocycles. The van der Waals surface area contributed by atoms with Gasteiger partial charge in [0.25, 0.3) is 0 Å². The molecule has 0 bridgehead atoms. The summed E-state index contributed by atoms with van der Waals surface area (Å²) in [5.74, 6) is 2.46. The van der Waals surface area contributed by atoms with Crippen LogP contribution in [0, 0.1) is 18.8 Å². The minimum absolute atomic E-state index is 0. The number of ether oxygens (including phenoxy) is 1. The SMILES string of the molecule is CC(C)c1ccnc(-n2c3[c-]c(Oc4[c-]c(N5C=CN(C)[CH-]5)ccc4)ccc3c3c2c2ccccc2n3-c2ccccc2)c1.[Pd]. The second kappa shape index (κ2) is 11.6. The summed E-state index contributed by atoms with van der Waals surface area (Å²) in [4.78, 5) is 8.90. The third-order valence-electron chi connectivity index (χ3n) is 8.15. The van der Waals surface area contributed by atoms with Crippen molar-refractivity contribution in [2.75, 3.05) is 11.9 Å². The number of hydrogen-bond donors (Lipinski definition) is 0. The van der Waals surface area contributed by atoms with Crippen LogP contribution in [-0.2, 0) is 20.4 Å². The van der Waals surface area contributed by atoms with Crippen LogP contribution in [0.25, 0.3) is 44.3 Å². The summed E-state index contributed by atoms with van der Waals surface area (Å²) in [6, 6.07) is 40.5. The zero-order chi connectivity index (χ0) is 29.8. The van der Waals surface area contributed by atoms with Crippen molar-refractivity contribution >= 4 is 38.5 Å². The van der Waals surface area contributed by atoms with E-state index in [0.717, 1.165) is 50.0 Å². The van der Waals surface area contributed by atoms with Gasteiger partial charge in [0.1, 0.15) is 5.82 Å². The van der Waals surface area contributed by atoms with E-state index in [2.05, 4.69) is 108 Å². The maximum atomic E-state index is 6.41. The molecule has 1 aliphatic rings. The summed E-state index contributed by atoms with van der Waals surface area (Å²) in [5, 5.41) is 2.22. The molecule has 6 nitrogen and oxygen atoms in total. The Morgan fingerprint density at radius 3 is 2.33 bits per heavy atom. The molecule has 0 N–H and O–H groups in total. The molecule has 7 aromatic rings. The molecule has 0 unspecified atom stereocenters. The van der Waals surface area contributed by atoms with Crippen molar-refractivity contribution in [1.29, 1.82) is 0 Å². The molecule has 226 valence electrons. The van der Waals surface area contributed by atoms with Crippen molar-refractivity contribution in [3.63, 3.8) is 0 Å². The fourth-order valence-corrected chi connectivity index (χ4v) is 6.05. The van der Waals surface area contributed by atoms with Crippen molar-refractivity contribution in [1.82, 2.24) is 19.0 Å². The summed E-state index contributed by atoms with van der Waals surface area (Å²) in [6.07, 6.45) is 5.90. The van der Waals surface area contributed by atoms with Crippen LogP contribution < -0.4 is 9.64 Å². The van der Waals surface area contributed by atoms with E-state index in [4.69, 9.17) is 9.72 Å². The van der Waals surface area contributed by atoms with Gasteiger partial charge in [-0.25, -0.2) is 4.98 Å². The Morgan fingerprint density at radius 2 is 1.53 bits per heavy atom. The zero-order valence-corrected chi connectivity index (χ0v) is 26.6. The van der Waals surface area contributed by atoms with Gasteiger partial charge in [0, 0.05) is 54.7 Å². The number of fused-ring (bicyclic) bond motifs is 5. The third-order valence-corrected chi connectivity index (χ3v) is 8.15. The summed E-state index contributed by atoms with van der Waals surface area (Å²) < 4.78 is 11.0. The van der Waals surface area contributed by atoms with Gasteiger partial charge in [0.05, 0.1) is 11.0 Å². The average molecular weight is 679 g/mol. The van der Waals surface area contributed by atoms with Crippen LogP contribution in [0.15, 0.2) is 116 Å². The number of rotatable bonds is 6. The molecule has 1 aliphatic heterocycles. The van der Waals surface area contributed by atoms with E-state index in [0.29, 0.717) is 17.4 Å². The molecule has 3 aromatic heterocycles. The van der Waals surface area contributed by atoms with Crippen molar-refractivity contribution in [3.8, 4) is 23.0 Å². The predicted molar refractivity (Wildman–Crippen MR) is 177 cm³/mol. The second-order valence-corrected chi connectivity index (χ2v) is 11.4. The fraction of sp³-hybridized carbons (Fsp3) is 0.105. The second-order valence-electron chi connectivity index (χ2n) is 11.4. The molecule has 0 radical (unpaired) electrons. The minimum atomic E-state index is 0. The van der Waals surface area contributed by atoms with Gasteiger partial charge < -0.3 is 23.7 Å². The van der Waals surface area contributed by atoms with Gasteiger partial charge in [0.2, 0.25) is 0 Å². The monoisotopic (exact) mass is 678 g/mol. The minimum Gasteiger partial charge on any atom is -0.510 e. The maximum absolute atomic E-state index is 6.41. The van der Waals surface area contributed by atoms with E-state index in [1.54, 1.807) is 0 Å². The Morgan fingerprint density at radius 1 is 0.756 bits per heavy atom. The smallest absolute Gasteiger partial charge is 0.135 e. The normalized spacial score (nSPS) is 13.0. The van der Waals surface area contributed by atoms with Crippen LogP contribution in [0.5, 0.6) is 11.5 Å². The van der Waals surface area contributed by atoms with Crippen LogP contribution in [0.3, 0.4) is 0 Å². The summed E-state index contributed by atoms with van der Waals surface area (Å²) in [6.45, 7) is 6.41. The van der Waals surface area contributed by atoms with Crippen LogP contribution in [-0.4, -0.2) is 26.1 Å². The first kappa shape index (κ1) is 28.9. The largest absolute Gasteiger partial charge is 0.510 e. The summed E-state index contributed by atoms with van der Waals surface area (Å²) in [7, 11) is 2.00. The van der Waals surface area contributed by atoms with E-state index in [1.165, 1.54) is 5.56 Å². The van der Waals surface area contributed by atoms with Gasteiger partial charge in [-0.1, -0.05) is 61.1 Å². The van der Waals surface area contributed by atoms with E-state index >= 15 is 0 Å². The molecule has 0 atom stereocenters. The Balaban J connectivity index is 0.00000325. The Labute approximate surface area is 276 Å². The summed E-state index contributed by atoms with van der Waals surface area (Å²) in [5.41, 5.74) is 7.49. The van der Waals surface area contributed by atoms with Crippen LogP contribution in [0.1, 0.15) is 25.3 Å². The molecule has 4 heterocycles. The first-order chi connectivity index (χ1) is 21.5. The number of nitrogens with zero attached hydrogens (tertiary/aromatic N) is 5. The molecule has 0 spiro atoms. The van der Waals surface area contributed by atoms with Gasteiger partial charge in [-0.05, 0) is 61.3 Å². The van der Waals surface area contributed by atoms with Gasteiger partial charge in [-0.2, -0.15) is 18.8 Å². The molecule has 0 saturated heterocycles. The molecule has 0 fully saturated rings. The quantitative estimate of drug-likeness (QED) is 0.130. The molecular weight excluding hydrogens is 649 g/mol. The standard InChI is InChI=1S/C38H30N5O.Pd/c1-26(2)27-18-19-39-36(22-27)43-35-24-31(44-30-13-9-12-29(23-30)41-21-20-40(3)25-41)16-17-33(35)37-38(43)32-14-7-8-15-34(32)42(37)28-10-5-4-6-11-28;/h4-22,25-26H,1-3H3;/q-3;. The molecule has 45 heavy (non-hydrogen) atoms. The van der Waals surface area contributed by atoms with E-state index in [9.17, 15) is 0 Å². The maximum Gasteiger partial charge on any atom is 0.135 e. The molecule has 0 saturated carbocycles. The Kier molecular flexibility index (Phi) is 7.45. The first-order valence-electron chi connectivity index (χ1n) is 14.8. The van der Waals surface area contributed by atoms with Gasteiger partial charge in [-0.15, -0.1) is 36.0 Å². The number of aromatic nitrogens is 3. The van der Waals surface area contributed by atoms with E-state index < -0.39 is 0 Å². The predicted octanol–water partition coefficient (Wildman–Crippen LogP) is 8.98. The number of benzene rings is 4. The van der Waals surface area contributed by atoms with Crippen LogP contribution >= 0.6 is 0 Å². The Hall–Kier alpha value is -4.83. The van der Waals surface area contributed by atoms with E-state index in [1.807, 2.05) is 66.4 Å². The van der Waals surface area contributed by atoms with Crippen molar-refractivity contribution < 1.29 is 25.2 Å². The average Bonchev–Trinajstić information content (AvgIpc) is 3.73. The Bertz CT molecular complexity index is 2200. The molecule has 0 aliphatic carbocycles. The van der Waals surface area contributed by atoms with Crippen LogP contribution in [0.2, 0.25) is 0 Å². The molecule has 0 amide bonds. The summed E-state index contributed by atoms with van der Waals surface area (Å²) >= 11 is 0. The molecule has 8 rings (SSSR count). The molecule has 7 heteroatoms. The first-order valence-corrected chi connectivity index (χ1v) is 14.8. The number of hydrogen-bond acceptors (Lipinski definition) is 4. The van der Waals surface area contributed by atoms with Crippen molar-refractivity contribution in [3.05, 3.63) is 140 Å². The number of para-hydroxylation sites is 2. The van der Waals surface area contributed by atoms with Gasteiger partial charge >= 0.3 is 0 Å². The van der Waals surface area contributed by atoms with Crippen LogP contribution in [0.4, 0.5) is 5.69 Å². The van der Waals surface area contributed by atoms with Gasteiger partial charge in [-0.3, -0.25) is 0 Å². The van der Waals surface area contributed by atoms with Crippen molar-refractivity contribution in [2.24, 2.45) is 0 Å². The van der Waals surface area contributed by atoms with Crippen molar-refractivity contribution in [2.45, 2.75) is 19.8 Å². The molecular formula is C38H30N5OPd-3.